The van der Waals surface area contributed by atoms with E-state index in [9.17, 15) is 9.59 Å². The van der Waals surface area contributed by atoms with E-state index in [4.69, 9.17) is 9.47 Å². The predicted molar refractivity (Wildman–Crippen MR) is 108 cm³/mol. The maximum Gasteiger partial charge on any atom is 0.234 e. The van der Waals surface area contributed by atoms with Crippen LogP contribution in [-0.2, 0) is 20.7 Å². The van der Waals surface area contributed by atoms with Gasteiger partial charge in [-0.2, -0.15) is 0 Å². The summed E-state index contributed by atoms with van der Waals surface area (Å²) in [7, 11) is 3.21. The normalized spacial score (nSPS) is 10.4. The second-order valence-corrected chi connectivity index (χ2v) is 7.63. The van der Waals surface area contributed by atoms with Crippen LogP contribution in [0, 0.1) is 0 Å². The third-order valence-corrected chi connectivity index (χ3v) is 5.47. The first-order valence-electron chi connectivity index (χ1n) is 8.37. The average Bonchev–Trinajstić information content (AvgIpc) is 3.11. The van der Waals surface area contributed by atoms with Gasteiger partial charge in [0.05, 0.1) is 25.0 Å². The molecule has 0 aliphatic heterocycles. The fourth-order valence-corrected chi connectivity index (χ4v) is 3.78. The zero-order valence-corrected chi connectivity index (χ0v) is 17.0. The Balaban J connectivity index is 1.73. The van der Waals surface area contributed by atoms with Crippen LogP contribution in [-0.4, -0.2) is 49.9 Å². The van der Waals surface area contributed by atoms with Crippen LogP contribution in [0.1, 0.15) is 12.1 Å². The monoisotopic (exact) mass is 409 g/mol. The van der Waals surface area contributed by atoms with Gasteiger partial charge in [-0.1, -0.05) is 17.8 Å². The van der Waals surface area contributed by atoms with Crippen molar-refractivity contribution in [2.45, 2.75) is 17.2 Å². The molecule has 0 saturated carbocycles. The molecule has 0 atom stereocenters. The van der Waals surface area contributed by atoms with Crippen molar-refractivity contribution in [2.24, 2.45) is 0 Å². The highest BCUT2D eigenvalue weighted by atomic mass is 32.2. The first kappa shape index (κ1) is 21.2. The third-order valence-electron chi connectivity index (χ3n) is 3.40. The van der Waals surface area contributed by atoms with Crippen molar-refractivity contribution in [3.63, 3.8) is 0 Å². The van der Waals surface area contributed by atoms with Gasteiger partial charge in [-0.15, -0.1) is 11.3 Å². The van der Waals surface area contributed by atoms with Gasteiger partial charge in [0.25, 0.3) is 0 Å². The molecule has 0 aliphatic rings. The smallest absolute Gasteiger partial charge is 0.234 e. The number of benzene rings is 1. The molecule has 146 valence electrons. The van der Waals surface area contributed by atoms with Crippen molar-refractivity contribution in [1.29, 1.82) is 0 Å². The van der Waals surface area contributed by atoms with Crippen LogP contribution in [0.4, 0.5) is 5.69 Å². The van der Waals surface area contributed by atoms with E-state index in [0.29, 0.717) is 30.3 Å². The molecule has 0 aliphatic carbocycles. The molecule has 2 aromatic rings. The zero-order valence-electron chi connectivity index (χ0n) is 15.3. The maximum atomic E-state index is 12.1. The number of aromatic nitrogens is 1. The Hall–Kier alpha value is -2.10. The predicted octanol–water partition coefficient (Wildman–Crippen LogP) is 2.58. The van der Waals surface area contributed by atoms with E-state index in [2.05, 4.69) is 15.6 Å². The van der Waals surface area contributed by atoms with E-state index in [1.807, 2.05) is 17.5 Å². The topological polar surface area (TPSA) is 89.5 Å². The van der Waals surface area contributed by atoms with Gasteiger partial charge in [0.2, 0.25) is 11.8 Å². The average molecular weight is 410 g/mol. The summed E-state index contributed by atoms with van der Waals surface area (Å²) in [4.78, 5) is 28.3. The van der Waals surface area contributed by atoms with E-state index in [1.54, 1.807) is 26.4 Å². The number of hydrogen-bond acceptors (Lipinski definition) is 7. The maximum absolute atomic E-state index is 12.1. The number of amides is 2. The van der Waals surface area contributed by atoms with E-state index in [0.717, 1.165) is 10.8 Å². The molecule has 1 heterocycles. The highest BCUT2D eigenvalue weighted by Crippen LogP contribution is 2.23. The van der Waals surface area contributed by atoms with Crippen molar-refractivity contribution >= 4 is 40.6 Å². The Bertz CT molecular complexity index is 752. The van der Waals surface area contributed by atoms with Crippen LogP contribution >= 0.6 is 23.1 Å². The Morgan fingerprint density at radius 1 is 1.26 bits per heavy atom. The van der Waals surface area contributed by atoms with Gasteiger partial charge in [0.1, 0.15) is 5.75 Å². The summed E-state index contributed by atoms with van der Waals surface area (Å²) < 4.78 is 10.8. The number of methoxy groups -OCH3 is 2. The van der Waals surface area contributed by atoms with E-state index in [-0.39, 0.29) is 24.0 Å². The number of nitrogens with zero attached hydrogens (tertiary/aromatic N) is 1. The van der Waals surface area contributed by atoms with Crippen LogP contribution in [0.25, 0.3) is 0 Å². The summed E-state index contributed by atoms with van der Waals surface area (Å²) in [5, 5.41) is 7.49. The lowest BCUT2D eigenvalue weighted by atomic mass is 10.3. The lowest BCUT2D eigenvalue weighted by Crippen LogP contribution is -2.26. The number of carbonyl (C=O) groups is 2. The molecular formula is C18H23N3O4S2. The van der Waals surface area contributed by atoms with Crippen LogP contribution < -0.4 is 15.4 Å². The lowest BCUT2D eigenvalue weighted by molar-refractivity contribution is -0.120. The van der Waals surface area contributed by atoms with E-state index < -0.39 is 0 Å². The van der Waals surface area contributed by atoms with Gasteiger partial charge in [-0.3, -0.25) is 9.59 Å². The van der Waals surface area contributed by atoms with E-state index >= 15 is 0 Å². The molecule has 7 nitrogen and oxygen atoms in total. The van der Waals surface area contributed by atoms with Gasteiger partial charge in [-0.05, 0) is 18.6 Å². The van der Waals surface area contributed by atoms with Gasteiger partial charge < -0.3 is 20.1 Å². The lowest BCUT2D eigenvalue weighted by Gasteiger charge is -2.06. The summed E-state index contributed by atoms with van der Waals surface area (Å²) in [5.41, 5.74) is 1.39. The second-order valence-electron chi connectivity index (χ2n) is 5.55. The molecule has 0 spiro atoms. The van der Waals surface area contributed by atoms with Crippen molar-refractivity contribution in [1.82, 2.24) is 10.3 Å². The molecule has 1 aromatic carbocycles. The molecule has 0 radical (unpaired) electrons. The minimum atomic E-state index is -0.124. The fourth-order valence-electron chi connectivity index (χ4n) is 2.13. The molecule has 0 unspecified atom stereocenters. The molecule has 0 fully saturated rings. The highest BCUT2D eigenvalue weighted by Gasteiger charge is 2.10. The molecule has 2 amide bonds. The number of thiazole rings is 1. The number of anilines is 1. The Kier molecular flexibility index (Phi) is 9.09. The SMILES string of the molecule is COCCCNC(=O)Cc1csc(SCC(=O)Nc2cccc(OC)c2)n1. The zero-order chi connectivity index (χ0) is 19.5. The third kappa shape index (κ3) is 7.98. The van der Waals surface area contributed by atoms with Gasteiger partial charge >= 0.3 is 0 Å². The minimum absolute atomic E-state index is 0.0660. The van der Waals surface area contributed by atoms with Gasteiger partial charge in [-0.25, -0.2) is 4.98 Å². The fraction of sp³-hybridized carbons (Fsp3) is 0.389. The van der Waals surface area contributed by atoms with Gasteiger partial charge in [0, 0.05) is 37.4 Å². The van der Waals surface area contributed by atoms with Crippen molar-refractivity contribution < 1.29 is 19.1 Å². The summed E-state index contributed by atoms with van der Waals surface area (Å²) >= 11 is 2.78. The summed E-state index contributed by atoms with van der Waals surface area (Å²) in [6.45, 7) is 1.21. The molecule has 0 saturated heterocycles. The number of hydrogen-bond donors (Lipinski definition) is 2. The van der Waals surface area contributed by atoms with Crippen LogP contribution in [0.2, 0.25) is 0 Å². The first-order valence-corrected chi connectivity index (χ1v) is 10.2. The molecule has 27 heavy (non-hydrogen) atoms. The molecular weight excluding hydrogens is 386 g/mol. The molecule has 2 rings (SSSR count). The molecule has 2 N–H and O–H groups in total. The van der Waals surface area contributed by atoms with Crippen molar-refractivity contribution in [3.8, 4) is 5.75 Å². The Morgan fingerprint density at radius 3 is 2.89 bits per heavy atom. The highest BCUT2D eigenvalue weighted by molar-refractivity contribution is 8.01. The Labute approximate surface area is 166 Å². The largest absolute Gasteiger partial charge is 0.497 e. The number of carbonyl (C=O) groups excluding carboxylic acids is 2. The van der Waals surface area contributed by atoms with Crippen molar-refractivity contribution in [3.05, 3.63) is 35.3 Å². The quantitative estimate of drug-likeness (QED) is 0.438. The number of thioether (sulfide) groups is 1. The summed E-state index contributed by atoms with van der Waals surface area (Å²) in [6.07, 6.45) is 1.02. The number of nitrogens with one attached hydrogen (secondary N) is 2. The van der Waals surface area contributed by atoms with Crippen LogP contribution in [0.3, 0.4) is 0 Å². The van der Waals surface area contributed by atoms with E-state index in [1.165, 1.54) is 23.1 Å². The standard InChI is InChI=1S/C18H23N3O4S2/c1-24-8-4-7-19-16(22)10-14-11-26-18(21-14)27-12-17(23)20-13-5-3-6-15(9-13)25-2/h3,5-6,9,11H,4,7-8,10,12H2,1-2H3,(H,19,22)(H,20,23). The van der Waals surface area contributed by atoms with Gasteiger partial charge in [0.15, 0.2) is 4.34 Å². The first-order chi connectivity index (χ1) is 13.1. The molecule has 0 bridgehead atoms. The second kappa shape index (κ2) is 11.6. The van der Waals surface area contributed by atoms with Crippen LogP contribution in [0.15, 0.2) is 34.0 Å². The number of ether oxygens (including phenoxy) is 2. The summed E-state index contributed by atoms with van der Waals surface area (Å²) in [6, 6.07) is 7.19. The minimum Gasteiger partial charge on any atom is -0.497 e. The van der Waals surface area contributed by atoms with Crippen molar-refractivity contribution in [2.75, 3.05) is 38.4 Å². The molecule has 1 aromatic heterocycles. The summed E-state index contributed by atoms with van der Waals surface area (Å²) in [5.74, 6) is 0.739. The number of rotatable bonds is 11. The Morgan fingerprint density at radius 2 is 2.11 bits per heavy atom. The molecule has 9 heteroatoms. The van der Waals surface area contributed by atoms with Crippen LogP contribution in [0.5, 0.6) is 5.75 Å².